The molecule has 3 aromatic rings. The highest BCUT2D eigenvalue weighted by Crippen LogP contribution is 2.34. The second kappa shape index (κ2) is 8.65. The lowest BCUT2D eigenvalue weighted by Crippen LogP contribution is -2.47. The van der Waals surface area contributed by atoms with Crippen LogP contribution in [0.3, 0.4) is 0 Å². The maximum atomic E-state index is 12.6. The first-order chi connectivity index (χ1) is 15.2. The Balaban J connectivity index is 1.28. The molecule has 1 saturated heterocycles. The number of hydrogen-bond acceptors (Lipinski definition) is 5. The van der Waals surface area contributed by atoms with Crippen LogP contribution in [-0.4, -0.2) is 60.5 Å². The van der Waals surface area contributed by atoms with Crippen molar-refractivity contribution >= 4 is 28.3 Å². The maximum absolute atomic E-state index is 12.6. The molecule has 160 valence electrons. The van der Waals surface area contributed by atoms with Crippen LogP contribution < -0.4 is 10.6 Å². The molecular formula is C25H29N5O. The largest absolute Gasteiger partial charge is 0.363 e. The summed E-state index contributed by atoms with van der Waals surface area (Å²) in [6.07, 6.45) is 2.19. The smallest absolute Gasteiger partial charge is 0.238 e. The molecule has 0 saturated carbocycles. The zero-order valence-electron chi connectivity index (χ0n) is 18.0. The summed E-state index contributed by atoms with van der Waals surface area (Å²) in [6.45, 7) is 4.30. The Bertz CT molecular complexity index is 1090. The molecule has 1 aliphatic heterocycles. The fraction of sp³-hybridized carbons (Fsp3) is 0.360. The molecule has 2 aromatic carbocycles. The SMILES string of the molecule is CN1CCN(CC(=O)Nc2cccc3nc(N[C@H]4CCc5ccccc54)ccc23)CC1. The number of carbonyl (C=O) groups is 1. The number of piperazine rings is 1. The average Bonchev–Trinajstić information content (AvgIpc) is 3.18. The quantitative estimate of drug-likeness (QED) is 0.668. The Kier molecular flexibility index (Phi) is 5.57. The summed E-state index contributed by atoms with van der Waals surface area (Å²) in [5, 5.41) is 7.66. The number of hydrogen-bond donors (Lipinski definition) is 2. The van der Waals surface area contributed by atoms with Gasteiger partial charge < -0.3 is 15.5 Å². The van der Waals surface area contributed by atoms with E-state index in [0.717, 1.165) is 61.4 Å². The van der Waals surface area contributed by atoms with Gasteiger partial charge in [-0.05, 0) is 55.3 Å². The van der Waals surface area contributed by atoms with Crippen molar-refractivity contribution in [2.24, 2.45) is 0 Å². The Labute approximate surface area is 183 Å². The van der Waals surface area contributed by atoms with E-state index >= 15 is 0 Å². The van der Waals surface area contributed by atoms with E-state index in [4.69, 9.17) is 4.98 Å². The number of nitrogens with zero attached hydrogens (tertiary/aromatic N) is 3. The summed E-state index contributed by atoms with van der Waals surface area (Å²) in [6, 6.07) is 18.9. The van der Waals surface area contributed by atoms with Crippen LogP contribution in [0.1, 0.15) is 23.6 Å². The lowest BCUT2D eigenvalue weighted by atomic mass is 10.1. The van der Waals surface area contributed by atoms with Crippen LogP contribution in [0.25, 0.3) is 10.9 Å². The van der Waals surface area contributed by atoms with Gasteiger partial charge in [0, 0.05) is 31.6 Å². The monoisotopic (exact) mass is 415 g/mol. The van der Waals surface area contributed by atoms with Gasteiger partial charge in [-0.25, -0.2) is 4.98 Å². The minimum absolute atomic E-state index is 0.0295. The van der Waals surface area contributed by atoms with Crippen molar-refractivity contribution in [2.75, 3.05) is 50.4 Å². The molecule has 5 rings (SSSR count). The minimum Gasteiger partial charge on any atom is -0.363 e. The second-order valence-electron chi connectivity index (χ2n) is 8.63. The van der Waals surface area contributed by atoms with Crippen molar-refractivity contribution in [1.82, 2.24) is 14.8 Å². The Hall–Kier alpha value is -2.96. The van der Waals surface area contributed by atoms with Gasteiger partial charge in [-0.15, -0.1) is 0 Å². The second-order valence-corrected chi connectivity index (χ2v) is 8.63. The van der Waals surface area contributed by atoms with Crippen LogP contribution in [0.5, 0.6) is 0 Å². The van der Waals surface area contributed by atoms with E-state index in [0.29, 0.717) is 12.6 Å². The van der Waals surface area contributed by atoms with E-state index in [-0.39, 0.29) is 5.91 Å². The van der Waals surface area contributed by atoms with Gasteiger partial charge in [0.1, 0.15) is 5.82 Å². The summed E-state index contributed by atoms with van der Waals surface area (Å²) in [5.74, 6) is 0.900. The van der Waals surface area contributed by atoms with Gasteiger partial charge in [-0.3, -0.25) is 9.69 Å². The van der Waals surface area contributed by atoms with Crippen LogP contribution in [0.2, 0.25) is 0 Å². The molecule has 0 radical (unpaired) electrons. The Morgan fingerprint density at radius 3 is 2.74 bits per heavy atom. The van der Waals surface area contributed by atoms with Gasteiger partial charge in [0.2, 0.25) is 5.91 Å². The molecule has 2 N–H and O–H groups in total. The van der Waals surface area contributed by atoms with Crippen molar-refractivity contribution in [2.45, 2.75) is 18.9 Å². The molecule has 1 aromatic heterocycles. The van der Waals surface area contributed by atoms with Crippen LogP contribution in [0.15, 0.2) is 54.6 Å². The third-order valence-electron chi connectivity index (χ3n) is 6.42. The van der Waals surface area contributed by atoms with E-state index in [1.165, 1.54) is 11.1 Å². The molecule has 2 heterocycles. The number of carbonyl (C=O) groups excluding carboxylic acids is 1. The van der Waals surface area contributed by atoms with Crippen molar-refractivity contribution in [1.29, 1.82) is 0 Å². The number of amides is 1. The number of rotatable bonds is 5. The fourth-order valence-corrected chi connectivity index (χ4v) is 4.63. The zero-order valence-corrected chi connectivity index (χ0v) is 18.0. The molecule has 6 nitrogen and oxygen atoms in total. The number of fused-ring (bicyclic) bond motifs is 2. The van der Waals surface area contributed by atoms with Crippen molar-refractivity contribution in [3.05, 3.63) is 65.7 Å². The summed E-state index contributed by atoms with van der Waals surface area (Å²) < 4.78 is 0. The summed E-state index contributed by atoms with van der Waals surface area (Å²) in [7, 11) is 2.12. The van der Waals surface area contributed by atoms with E-state index in [9.17, 15) is 4.79 Å². The third kappa shape index (κ3) is 4.40. The Morgan fingerprint density at radius 1 is 1.03 bits per heavy atom. The highest BCUT2D eigenvalue weighted by molar-refractivity contribution is 6.02. The fourth-order valence-electron chi connectivity index (χ4n) is 4.63. The maximum Gasteiger partial charge on any atom is 0.238 e. The van der Waals surface area contributed by atoms with Crippen LogP contribution in [0, 0.1) is 0 Å². The normalized spacial score (nSPS) is 19.3. The summed E-state index contributed by atoms with van der Waals surface area (Å²) in [5.41, 5.74) is 4.50. The van der Waals surface area contributed by atoms with Crippen LogP contribution >= 0.6 is 0 Å². The van der Waals surface area contributed by atoms with Crippen molar-refractivity contribution < 1.29 is 4.79 Å². The van der Waals surface area contributed by atoms with Gasteiger partial charge in [0.15, 0.2) is 0 Å². The molecule has 6 heteroatoms. The molecule has 1 fully saturated rings. The standard InChI is InChI=1S/C25H29N5O/c1-29-13-15-30(16-14-29)17-25(31)28-22-8-4-7-21-20(22)10-12-24(26-21)27-23-11-9-18-5-2-3-6-19(18)23/h2-8,10,12,23H,9,11,13-17H2,1H3,(H,26,27)(H,28,31)/t23-/m0/s1. The van der Waals surface area contributed by atoms with E-state index in [2.05, 4.69) is 57.8 Å². The van der Waals surface area contributed by atoms with Gasteiger partial charge >= 0.3 is 0 Å². The molecule has 0 spiro atoms. The molecule has 1 atom stereocenters. The lowest BCUT2D eigenvalue weighted by Gasteiger charge is -2.31. The highest BCUT2D eigenvalue weighted by Gasteiger charge is 2.22. The van der Waals surface area contributed by atoms with Crippen LogP contribution in [-0.2, 0) is 11.2 Å². The third-order valence-corrected chi connectivity index (χ3v) is 6.42. The van der Waals surface area contributed by atoms with Gasteiger partial charge in [0.25, 0.3) is 0 Å². The van der Waals surface area contributed by atoms with E-state index < -0.39 is 0 Å². The first kappa shape index (κ1) is 20.0. The topological polar surface area (TPSA) is 60.5 Å². The number of likely N-dealkylation sites (N-methyl/N-ethyl adjacent to an activating group) is 1. The number of benzene rings is 2. The summed E-state index contributed by atoms with van der Waals surface area (Å²) in [4.78, 5) is 21.9. The predicted octanol–water partition coefficient (Wildman–Crippen LogP) is 3.52. The number of pyridine rings is 1. The highest BCUT2D eigenvalue weighted by atomic mass is 16.2. The number of aromatic nitrogens is 1. The number of nitrogens with one attached hydrogen (secondary N) is 2. The van der Waals surface area contributed by atoms with Crippen LogP contribution in [0.4, 0.5) is 11.5 Å². The van der Waals surface area contributed by atoms with E-state index in [1.807, 2.05) is 24.3 Å². The van der Waals surface area contributed by atoms with E-state index in [1.54, 1.807) is 0 Å². The molecule has 1 aliphatic carbocycles. The lowest BCUT2D eigenvalue weighted by molar-refractivity contribution is -0.117. The predicted molar refractivity (Wildman–Crippen MR) is 125 cm³/mol. The zero-order chi connectivity index (χ0) is 21.2. The average molecular weight is 416 g/mol. The molecular weight excluding hydrogens is 386 g/mol. The summed E-state index contributed by atoms with van der Waals surface area (Å²) >= 11 is 0. The van der Waals surface area contributed by atoms with Gasteiger partial charge in [-0.2, -0.15) is 0 Å². The number of aryl methyl sites for hydroxylation is 1. The van der Waals surface area contributed by atoms with Gasteiger partial charge in [-0.1, -0.05) is 30.3 Å². The minimum atomic E-state index is 0.0295. The number of anilines is 2. The molecule has 2 aliphatic rings. The first-order valence-corrected chi connectivity index (χ1v) is 11.1. The Morgan fingerprint density at radius 2 is 1.87 bits per heavy atom. The molecule has 0 bridgehead atoms. The van der Waals surface area contributed by atoms with Crippen molar-refractivity contribution in [3.63, 3.8) is 0 Å². The molecule has 1 amide bonds. The van der Waals surface area contributed by atoms with Crippen molar-refractivity contribution in [3.8, 4) is 0 Å². The first-order valence-electron chi connectivity index (χ1n) is 11.1. The van der Waals surface area contributed by atoms with Gasteiger partial charge in [0.05, 0.1) is 23.8 Å². The molecule has 31 heavy (non-hydrogen) atoms. The molecule has 0 unspecified atom stereocenters.